The average molecular weight is 302 g/mol. The highest BCUT2D eigenvalue weighted by molar-refractivity contribution is 6.30. The second kappa shape index (κ2) is 4.86. The fraction of sp³-hybridized carbons (Fsp3) is 0.235. The van der Waals surface area contributed by atoms with Crippen molar-refractivity contribution in [2.24, 2.45) is 0 Å². The van der Waals surface area contributed by atoms with Crippen LogP contribution in [0.25, 0.3) is 0 Å². The van der Waals surface area contributed by atoms with Gasteiger partial charge in [0.2, 0.25) is 0 Å². The fourth-order valence-electron chi connectivity index (χ4n) is 2.97. The Balaban J connectivity index is 2.26. The summed E-state index contributed by atoms with van der Waals surface area (Å²) in [6.07, 6.45) is 0. The maximum Gasteiger partial charge on any atom is 0.257 e. The second-order valence-electron chi connectivity index (χ2n) is 5.49. The molecule has 1 heterocycles. The lowest BCUT2D eigenvalue weighted by atomic mass is 9.93. The number of carbonyl (C=O) groups excluding carboxylic acids is 1. The quantitative estimate of drug-likeness (QED) is 0.923. The molecule has 0 bridgehead atoms. The molecule has 1 unspecified atom stereocenters. The first-order chi connectivity index (χ1) is 9.96. The third kappa shape index (κ3) is 1.96. The molecule has 1 amide bonds. The number of benzene rings is 2. The van der Waals surface area contributed by atoms with Crippen LogP contribution in [0, 0.1) is 0 Å². The highest BCUT2D eigenvalue weighted by Gasteiger charge is 2.50. The number of amides is 1. The van der Waals surface area contributed by atoms with Crippen molar-refractivity contribution in [1.82, 2.24) is 4.90 Å². The molecule has 1 aliphatic rings. The van der Waals surface area contributed by atoms with Crippen LogP contribution in [0.15, 0.2) is 48.5 Å². The van der Waals surface area contributed by atoms with Crippen LogP contribution in [-0.4, -0.2) is 22.0 Å². The minimum absolute atomic E-state index is 0.134. The lowest BCUT2D eigenvalue weighted by Crippen LogP contribution is -2.48. The Hall–Kier alpha value is -1.84. The van der Waals surface area contributed by atoms with Gasteiger partial charge < -0.3 is 5.11 Å². The van der Waals surface area contributed by atoms with Crippen LogP contribution in [0.3, 0.4) is 0 Å². The summed E-state index contributed by atoms with van der Waals surface area (Å²) in [5.41, 5.74) is 0.348. The van der Waals surface area contributed by atoms with Gasteiger partial charge in [0.05, 0.1) is 0 Å². The van der Waals surface area contributed by atoms with Gasteiger partial charge in [0, 0.05) is 27.8 Å². The van der Waals surface area contributed by atoms with Gasteiger partial charge in [-0.1, -0.05) is 41.9 Å². The molecule has 0 fully saturated rings. The third-order valence-corrected chi connectivity index (χ3v) is 4.12. The van der Waals surface area contributed by atoms with Gasteiger partial charge in [-0.25, -0.2) is 0 Å². The molecule has 2 aromatic rings. The molecule has 2 aromatic carbocycles. The van der Waals surface area contributed by atoms with Crippen molar-refractivity contribution in [1.29, 1.82) is 0 Å². The lowest BCUT2D eigenvalue weighted by Gasteiger charge is -2.37. The fourth-order valence-corrected chi connectivity index (χ4v) is 3.09. The van der Waals surface area contributed by atoms with Gasteiger partial charge in [-0.05, 0) is 32.0 Å². The van der Waals surface area contributed by atoms with Crippen LogP contribution in [0.1, 0.15) is 35.3 Å². The van der Waals surface area contributed by atoms with E-state index in [1.165, 1.54) is 4.90 Å². The van der Waals surface area contributed by atoms with E-state index in [2.05, 4.69) is 0 Å². The maximum atomic E-state index is 12.6. The van der Waals surface area contributed by atoms with E-state index in [1.54, 1.807) is 36.4 Å². The summed E-state index contributed by atoms with van der Waals surface area (Å²) >= 11 is 5.93. The van der Waals surface area contributed by atoms with Gasteiger partial charge in [0.15, 0.2) is 5.72 Å². The summed E-state index contributed by atoms with van der Waals surface area (Å²) in [6, 6.07) is 14.0. The second-order valence-corrected chi connectivity index (χ2v) is 5.93. The van der Waals surface area contributed by atoms with Crippen molar-refractivity contribution in [3.63, 3.8) is 0 Å². The Morgan fingerprint density at radius 1 is 1.10 bits per heavy atom. The smallest absolute Gasteiger partial charge is 0.257 e. The van der Waals surface area contributed by atoms with Gasteiger partial charge in [-0.15, -0.1) is 0 Å². The minimum Gasteiger partial charge on any atom is -0.363 e. The molecule has 0 spiro atoms. The zero-order chi connectivity index (χ0) is 15.2. The predicted molar refractivity (Wildman–Crippen MR) is 82.2 cm³/mol. The van der Waals surface area contributed by atoms with Crippen molar-refractivity contribution < 1.29 is 9.90 Å². The Kier molecular flexibility index (Phi) is 3.27. The van der Waals surface area contributed by atoms with Gasteiger partial charge >= 0.3 is 0 Å². The van der Waals surface area contributed by atoms with E-state index in [1.807, 2.05) is 26.0 Å². The number of hydrogen-bond donors (Lipinski definition) is 1. The number of aliphatic hydroxyl groups is 1. The molecule has 21 heavy (non-hydrogen) atoms. The molecule has 3 rings (SSSR count). The molecule has 1 N–H and O–H groups in total. The van der Waals surface area contributed by atoms with Crippen LogP contribution in [0.2, 0.25) is 5.02 Å². The van der Waals surface area contributed by atoms with E-state index >= 15 is 0 Å². The van der Waals surface area contributed by atoms with Crippen molar-refractivity contribution in [3.8, 4) is 0 Å². The SMILES string of the molecule is CC(C)N1C(=O)c2ccccc2C1(O)c1ccc(Cl)cc1. The summed E-state index contributed by atoms with van der Waals surface area (Å²) in [5.74, 6) is -0.155. The highest BCUT2D eigenvalue weighted by Crippen LogP contribution is 2.43. The zero-order valence-electron chi connectivity index (χ0n) is 11.9. The Morgan fingerprint density at radius 3 is 2.33 bits per heavy atom. The minimum atomic E-state index is -1.45. The standard InChI is InChI=1S/C17H16ClNO2/c1-11(2)19-16(20)14-5-3-4-6-15(14)17(19,21)12-7-9-13(18)10-8-12/h3-11,21H,1-2H3. The van der Waals surface area contributed by atoms with E-state index in [4.69, 9.17) is 11.6 Å². The van der Waals surface area contributed by atoms with Gasteiger partial charge in [-0.2, -0.15) is 0 Å². The van der Waals surface area contributed by atoms with Crippen molar-refractivity contribution in [2.45, 2.75) is 25.6 Å². The molecule has 0 aromatic heterocycles. The number of hydrogen-bond acceptors (Lipinski definition) is 2. The molecule has 1 aliphatic heterocycles. The third-order valence-electron chi connectivity index (χ3n) is 3.86. The summed E-state index contributed by atoms with van der Waals surface area (Å²) in [7, 11) is 0. The van der Waals surface area contributed by atoms with Crippen molar-refractivity contribution in [2.75, 3.05) is 0 Å². The Bertz CT molecular complexity index is 696. The highest BCUT2D eigenvalue weighted by atomic mass is 35.5. The van der Waals surface area contributed by atoms with Crippen LogP contribution in [0.5, 0.6) is 0 Å². The molecule has 0 aliphatic carbocycles. The van der Waals surface area contributed by atoms with Crippen LogP contribution < -0.4 is 0 Å². The average Bonchev–Trinajstić information content (AvgIpc) is 2.70. The number of fused-ring (bicyclic) bond motifs is 1. The monoisotopic (exact) mass is 301 g/mol. The summed E-state index contributed by atoms with van der Waals surface area (Å²) < 4.78 is 0. The first-order valence-electron chi connectivity index (χ1n) is 6.88. The van der Waals surface area contributed by atoms with E-state index < -0.39 is 5.72 Å². The molecular weight excluding hydrogens is 286 g/mol. The molecular formula is C17H16ClNO2. The molecule has 0 radical (unpaired) electrons. The molecule has 108 valence electrons. The van der Waals surface area contributed by atoms with Gasteiger partial charge in [0.1, 0.15) is 0 Å². The molecule has 0 saturated heterocycles. The van der Waals surface area contributed by atoms with Crippen LogP contribution in [0.4, 0.5) is 0 Å². The number of carbonyl (C=O) groups is 1. The number of halogens is 1. The molecule has 3 nitrogen and oxygen atoms in total. The lowest BCUT2D eigenvalue weighted by molar-refractivity contribution is -0.0637. The van der Waals surface area contributed by atoms with Crippen LogP contribution >= 0.6 is 11.6 Å². The van der Waals surface area contributed by atoms with E-state index in [0.717, 1.165) is 0 Å². The van der Waals surface area contributed by atoms with Gasteiger partial charge in [0.25, 0.3) is 5.91 Å². The summed E-state index contributed by atoms with van der Waals surface area (Å²) in [5, 5.41) is 12.0. The maximum absolute atomic E-state index is 12.6. The first-order valence-corrected chi connectivity index (χ1v) is 7.25. The van der Waals surface area contributed by atoms with E-state index in [9.17, 15) is 9.90 Å². The Morgan fingerprint density at radius 2 is 1.71 bits per heavy atom. The van der Waals surface area contributed by atoms with Crippen LogP contribution in [-0.2, 0) is 5.72 Å². The first kappa shape index (κ1) is 14.1. The normalized spacial score (nSPS) is 21.0. The van der Waals surface area contributed by atoms with E-state index in [0.29, 0.717) is 21.7 Å². The topological polar surface area (TPSA) is 40.5 Å². The predicted octanol–water partition coefficient (Wildman–Crippen LogP) is 3.40. The van der Waals surface area contributed by atoms with Crippen molar-refractivity contribution in [3.05, 3.63) is 70.2 Å². The number of rotatable bonds is 2. The van der Waals surface area contributed by atoms with Gasteiger partial charge in [-0.3, -0.25) is 9.69 Å². The molecule has 0 saturated carbocycles. The molecule has 4 heteroatoms. The van der Waals surface area contributed by atoms with Crippen molar-refractivity contribution >= 4 is 17.5 Å². The summed E-state index contributed by atoms with van der Waals surface area (Å²) in [6.45, 7) is 3.79. The largest absolute Gasteiger partial charge is 0.363 e. The number of nitrogens with zero attached hydrogens (tertiary/aromatic N) is 1. The zero-order valence-corrected chi connectivity index (χ0v) is 12.6. The Labute approximate surface area is 128 Å². The summed E-state index contributed by atoms with van der Waals surface area (Å²) in [4.78, 5) is 14.1. The van der Waals surface area contributed by atoms with E-state index in [-0.39, 0.29) is 11.9 Å². The molecule has 1 atom stereocenters.